The lowest BCUT2D eigenvalue weighted by Gasteiger charge is -2.33. The highest BCUT2D eigenvalue weighted by molar-refractivity contribution is 5.92. The molecule has 1 fully saturated rings. The van der Waals surface area contributed by atoms with E-state index in [1.54, 1.807) is 26.5 Å². The highest BCUT2D eigenvalue weighted by atomic mass is 16.5. The van der Waals surface area contributed by atoms with Gasteiger partial charge in [0.25, 0.3) is 5.91 Å². The van der Waals surface area contributed by atoms with Crippen LogP contribution >= 0.6 is 0 Å². The van der Waals surface area contributed by atoms with Gasteiger partial charge >= 0.3 is 0 Å². The summed E-state index contributed by atoms with van der Waals surface area (Å²) in [5.74, 6) is 1.40. The van der Waals surface area contributed by atoms with E-state index in [9.17, 15) is 4.79 Å². The fourth-order valence-electron chi connectivity index (χ4n) is 3.25. The van der Waals surface area contributed by atoms with E-state index >= 15 is 0 Å². The van der Waals surface area contributed by atoms with Crippen molar-refractivity contribution in [2.75, 3.05) is 52.3 Å². The molecule has 1 N–H and O–H groups in total. The number of hydrogen-bond donors (Lipinski definition) is 1. The first kappa shape index (κ1) is 19.9. The number of nitrogens with zero attached hydrogens (tertiary/aromatic N) is 3. The fraction of sp³-hybridized carbons (Fsp3) is 0.429. The maximum absolute atomic E-state index is 12.6. The zero-order chi connectivity index (χ0) is 19.9. The Morgan fingerprint density at radius 3 is 2.43 bits per heavy atom. The summed E-state index contributed by atoms with van der Waals surface area (Å²) in [6, 6.07) is 9.48. The van der Waals surface area contributed by atoms with Crippen molar-refractivity contribution >= 4 is 11.6 Å². The van der Waals surface area contributed by atoms with Gasteiger partial charge in [0.1, 0.15) is 5.69 Å². The number of carbonyl (C=O) groups excluding carboxylic acids is 1. The summed E-state index contributed by atoms with van der Waals surface area (Å²) in [6.07, 6.45) is 1.70. The Hall–Kier alpha value is -2.80. The van der Waals surface area contributed by atoms with Crippen LogP contribution < -0.4 is 14.8 Å². The summed E-state index contributed by atoms with van der Waals surface area (Å²) in [5, 5.41) is 3.32. The zero-order valence-electron chi connectivity index (χ0n) is 16.8. The molecule has 0 radical (unpaired) electrons. The number of anilines is 1. The quantitative estimate of drug-likeness (QED) is 0.791. The maximum atomic E-state index is 12.6. The van der Waals surface area contributed by atoms with Gasteiger partial charge in [0, 0.05) is 32.7 Å². The number of aromatic nitrogens is 1. The van der Waals surface area contributed by atoms with Crippen molar-refractivity contribution in [1.29, 1.82) is 0 Å². The molecule has 1 saturated heterocycles. The second kappa shape index (κ2) is 9.41. The molecule has 0 atom stereocenters. The molecule has 1 aliphatic rings. The van der Waals surface area contributed by atoms with Gasteiger partial charge in [-0.05, 0) is 36.4 Å². The predicted molar refractivity (Wildman–Crippen MR) is 109 cm³/mol. The van der Waals surface area contributed by atoms with Gasteiger partial charge in [0.15, 0.2) is 11.5 Å². The van der Waals surface area contributed by atoms with Crippen molar-refractivity contribution in [3.8, 4) is 11.5 Å². The van der Waals surface area contributed by atoms with Gasteiger partial charge in [-0.1, -0.05) is 13.0 Å². The van der Waals surface area contributed by atoms with Crippen LogP contribution in [0.15, 0.2) is 36.5 Å². The number of rotatable bonds is 7. The van der Waals surface area contributed by atoms with Crippen LogP contribution in [-0.2, 0) is 6.54 Å². The minimum atomic E-state index is 0.00203. The molecule has 3 rings (SSSR count). The molecule has 28 heavy (non-hydrogen) atoms. The number of ether oxygens (including phenoxy) is 2. The lowest BCUT2D eigenvalue weighted by molar-refractivity contribution is 0.0637. The second-order valence-electron chi connectivity index (χ2n) is 6.70. The number of likely N-dealkylation sites (N-methyl/N-ethyl adjacent to an activating group) is 1. The van der Waals surface area contributed by atoms with Gasteiger partial charge in [-0.3, -0.25) is 4.79 Å². The highest BCUT2D eigenvalue weighted by Crippen LogP contribution is 2.27. The van der Waals surface area contributed by atoms with Crippen LogP contribution in [-0.4, -0.2) is 67.6 Å². The van der Waals surface area contributed by atoms with Crippen molar-refractivity contribution in [2.24, 2.45) is 0 Å². The number of carbonyl (C=O) groups is 1. The molecule has 0 unspecified atom stereocenters. The monoisotopic (exact) mass is 384 g/mol. The van der Waals surface area contributed by atoms with Crippen molar-refractivity contribution in [3.63, 3.8) is 0 Å². The minimum absolute atomic E-state index is 0.00203. The van der Waals surface area contributed by atoms with Gasteiger partial charge < -0.3 is 24.6 Å². The van der Waals surface area contributed by atoms with E-state index in [0.717, 1.165) is 44.0 Å². The third kappa shape index (κ3) is 4.72. The molecule has 1 aromatic carbocycles. The molecule has 1 amide bonds. The minimum Gasteiger partial charge on any atom is -0.493 e. The Morgan fingerprint density at radius 2 is 1.82 bits per heavy atom. The Labute approximate surface area is 166 Å². The molecular formula is C21H28N4O3. The summed E-state index contributed by atoms with van der Waals surface area (Å²) < 4.78 is 10.6. The van der Waals surface area contributed by atoms with Gasteiger partial charge in [-0.2, -0.15) is 0 Å². The van der Waals surface area contributed by atoms with Crippen LogP contribution in [0.5, 0.6) is 11.5 Å². The molecule has 0 spiro atoms. The molecule has 2 aromatic rings. The topological polar surface area (TPSA) is 66.9 Å². The SMILES string of the molecule is CCN1CCN(C(=O)c2ccc(NCc3ccc(OC)c(OC)c3)cn2)CC1. The third-order valence-electron chi connectivity index (χ3n) is 5.03. The lowest BCUT2D eigenvalue weighted by Crippen LogP contribution is -2.48. The first-order valence-electron chi connectivity index (χ1n) is 9.57. The van der Waals surface area contributed by atoms with Crippen LogP contribution in [0.25, 0.3) is 0 Å². The largest absolute Gasteiger partial charge is 0.493 e. The molecule has 0 saturated carbocycles. The van der Waals surface area contributed by atoms with E-state index in [1.165, 1.54) is 0 Å². The van der Waals surface area contributed by atoms with Crippen LogP contribution in [0.4, 0.5) is 5.69 Å². The van der Waals surface area contributed by atoms with E-state index in [1.807, 2.05) is 29.2 Å². The average Bonchev–Trinajstić information content (AvgIpc) is 2.77. The molecule has 1 aliphatic heterocycles. The first-order chi connectivity index (χ1) is 13.6. The summed E-state index contributed by atoms with van der Waals surface area (Å²) >= 11 is 0. The first-order valence-corrected chi connectivity index (χ1v) is 9.57. The molecule has 7 nitrogen and oxygen atoms in total. The van der Waals surface area contributed by atoms with Crippen LogP contribution in [0, 0.1) is 0 Å². The van der Waals surface area contributed by atoms with Crippen LogP contribution in [0.2, 0.25) is 0 Å². The molecular weight excluding hydrogens is 356 g/mol. The summed E-state index contributed by atoms with van der Waals surface area (Å²) in [6.45, 7) is 7.16. The molecule has 150 valence electrons. The normalized spacial score (nSPS) is 14.6. The molecule has 0 aliphatic carbocycles. The number of amides is 1. The van der Waals surface area contributed by atoms with E-state index in [-0.39, 0.29) is 5.91 Å². The fourth-order valence-corrected chi connectivity index (χ4v) is 3.25. The number of pyridine rings is 1. The van der Waals surface area contributed by atoms with E-state index < -0.39 is 0 Å². The maximum Gasteiger partial charge on any atom is 0.272 e. The Morgan fingerprint density at radius 1 is 1.07 bits per heavy atom. The molecule has 0 bridgehead atoms. The van der Waals surface area contributed by atoms with E-state index in [2.05, 4.69) is 22.1 Å². The lowest BCUT2D eigenvalue weighted by atomic mass is 10.2. The third-order valence-corrected chi connectivity index (χ3v) is 5.03. The van der Waals surface area contributed by atoms with Crippen molar-refractivity contribution in [1.82, 2.24) is 14.8 Å². The van der Waals surface area contributed by atoms with Crippen molar-refractivity contribution < 1.29 is 14.3 Å². The molecule has 2 heterocycles. The summed E-state index contributed by atoms with van der Waals surface area (Å²) in [4.78, 5) is 21.2. The molecule has 1 aromatic heterocycles. The number of benzene rings is 1. The Balaban J connectivity index is 1.56. The smallest absolute Gasteiger partial charge is 0.272 e. The summed E-state index contributed by atoms with van der Waals surface area (Å²) in [5.41, 5.74) is 2.41. The van der Waals surface area contributed by atoms with E-state index in [0.29, 0.717) is 23.7 Å². The molecule has 7 heteroatoms. The number of methoxy groups -OCH3 is 2. The second-order valence-corrected chi connectivity index (χ2v) is 6.70. The Kier molecular flexibility index (Phi) is 6.71. The van der Waals surface area contributed by atoms with Gasteiger partial charge in [-0.25, -0.2) is 4.98 Å². The van der Waals surface area contributed by atoms with E-state index in [4.69, 9.17) is 9.47 Å². The standard InChI is InChI=1S/C21H28N4O3/c1-4-24-9-11-25(12-10-24)21(26)18-7-6-17(15-23-18)22-14-16-5-8-19(27-2)20(13-16)28-3/h5-8,13,15,22H,4,9-12,14H2,1-3H3. The average molecular weight is 384 g/mol. The van der Waals surface area contributed by atoms with Crippen molar-refractivity contribution in [3.05, 3.63) is 47.8 Å². The predicted octanol–water partition coefficient (Wildman–Crippen LogP) is 2.49. The van der Waals surface area contributed by atoms with Crippen LogP contribution in [0.3, 0.4) is 0 Å². The Bertz CT molecular complexity index is 787. The highest BCUT2D eigenvalue weighted by Gasteiger charge is 2.22. The van der Waals surface area contributed by atoms with Gasteiger partial charge in [0.2, 0.25) is 0 Å². The van der Waals surface area contributed by atoms with Crippen LogP contribution in [0.1, 0.15) is 23.0 Å². The summed E-state index contributed by atoms with van der Waals surface area (Å²) in [7, 11) is 3.24. The van der Waals surface area contributed by atoms with Gasteiger partial charge in [-0.15, -0.1) is 0 Å². The number of hydrogen-bond acceptors (Lipinski definition) is 6. The number of piperazine rings is 1. The zero-order valence-corrected chi connectivity index (χ0v) is 16.8. The number of nitrogens with one attached hydrogen (secondary N) is 1. The van der Waals surface area contributed by atoms with Crippen molar-refractivity contribution in [2.45, 2.75) is 13.5 Å². The van der Waals surface area contributed by atoms with Gasteiger partial charge in [0.05, 0.1) is 26.1 Å².